The number of carboxylic acids is 1. The molecule has 2 aromatic heterocycles. The van der Waals surface area contributed by atoms with Crippen LogP contribution in [-0.4, -0.2) is 11.1 Å². The van der Waals surface area contributed by atoms with E-state index in [2.05, 4.69) is 6.92 Å². The summed E-state index contributed by atoms with van der Waals surface area (Å²) in [7, 11) is 0. The van der Waals surface area contributed by atoms with Crippen molar-refractivity contribution in [3.05, 3.63) is 106 Å². The SMILES string of the molecule is CCCCCCCCCCC(Cc1ccccc1)(C(=O)O)c1oc2ccc3c(C)cc(=O)oc3c2c1-c1ccccc1. The first-order valence-electron chi connectivity index (χ1n) is 15.3. The van der Waals surface area contributed by atoms with Gasteiger partial charge in [-0.25, -0.2) is 4.79 Å². The second-order valence-electron chi connectivity index (χ2n) is 11.5. The molecule has 1 atom stereocenters. The molecule has 5 nitrogen and oxygen atoms in total. The minimum Gasteiger partial charge on any atom is -0.480 e. The van der Waals surface area contributed by atoms with Crippen LogP contribution in [0.25, 0.3) is 33.1 Å². The molecular formula is C37H40O5. The number of furan rings is 1. The quantitative estimate of drug-likeness (QED) is 0.107. The number of carbonyl (C=O) groups is 1. The van der Waals surface area contributed by atoms with Crippen molar-refractivity contribution in [2.45, 2.75) is 83.5 Å². The van der Waals surface area contributed by atoms with Crippen LogP contribution in [0.5, 0.6) is 0 Å². The lowest BCUT2D eigenvalue weighted by molar-refractivity contribution is -0.145. The van der Waals surface area contributed by atoms with E-state index >= 15 is 0 Å². The Kier molecular flexibility index (Phi) is 9.26. The zero-order valence-corrected chi connectivity index (χ0v) is 24.7. The Balaban J connectivity index is 1.68. The van der Waals surface area contributed by atoms with Crippen molar-refractivity contribution in [3.8, 4) is 11.1 Å². The minimum atomic E-state index is -1.32. The molecule has 0 fully saturated rings. The van der Waals surface area contributed by atoms with Gasteiger partial charge in [0.15, 0.2) is 0 Å². The Hall–Kier alpha value is -4.12. The number of aryl methyl sites for hydroxylation is 1. The Morgan fingerprint density at radius 3 is 2.12 bits per heavy atom. The largest absolute Gasteiger partial charge is 0.480 e. The first-order valence-corrected chi connectivity index (χ1v) is 15.3. The normalized spacial score (nSPS) is 13.0. The van der Waals surface area contributed by atoms with E-state index in [1.54, 1.807) is 0 Å². The maximum absolute atomic E-state index is 13.6. The molecule has 42 heavy (non-hydrogen) atoms. The molecule has 1 unspecified atom stereocenters. The molecular weight excluding hydrogens is 524 g/mol. The van der Waals surface area contributed by atoms with Gasteiger partial charge in [-0.15, -0.1) is 0 Å². The standard InChI is InChI=1S/C37H40O5/c1-3-4-5-6-7-8-9-16-23-37(36(39)40,25-27-17-12-10-13-18-27)35-32(28-19-14-11-15-20-28)33-30(41-35)22-21-29-26(2)24-31(38)42-34(29)33/h10-15,17-22,24H,3-9,16,23,25H2,1-2H3,(H,39,40). The molecule has 0 saturated heterocycles. The van der Waals surface area contributed by atoms with Crippen LogP contribution in [0.15, 0.2) is 92.5 Å². The van der Waals surface area contributed by atoms with Crippen LogP contribution in [0, 0.1) is 6.92 Å². The van der Waals surface area contributed by atoms with Gasteiger partial charge in [0.2, 0.25) is 0 Å². The van der Waals surface area contributed by atoms with Crippen LogP contribution in [0.4, 0.5) is 0 Å². The van der Waals surface area contributed by atoms with E-state index in [-0.39, 0.29) is 0 Å². The van der Waals surface area contributed by atoms with E-state index in [4.69, 9.17) is 8.83 Å². The van der Waals surface area contributed by atoms with Crippen LogP contribution in [-0.2, 0) is 16.6 Å². The zero-order valence-electron chi connectivity index (χ0n) is 24.7. The minimum absolute atomic E-state index is 0.292. The number of hydrogen-bond donors (Lipinski definition) is 1. The predicted octanol–water partition coefficient (Wildman–Crippen LogP) is 9.61. The van der Waals surface area contributed by atoms with Gasteiger partial charge in [-0.2, -0.15) is 0 Å². The van der Waals surface area contributed by atoms with Crippen LogP contribution >= 0.6 is 0 Å². The zero-order chi connectivity index (χ0) is 29.5. The maximum atomic E-state index is 13.6. The average Bonchev–Trinajstić information content (AvgIpc) is 3.39. The molecule has 0 aliphatic heterocycles. The van der Waals surface area contributed by atoms with Crippen molar-refractivity contribution in [3.63, 3.8) is 0 Å². The molecule has 5 aromatic rings. The summed E-state index contributed by atoms with van der Waals surface area (Å²) in [6.07, 6.45) is 9.69. The van der Waals surface area contributed by atoms with Gasteiger partial charge in [-0.3, -0.25) is 4.79 Å². The van der Waals surface area contributed by atoms with Crippen LogP contribution < -0.4 is 5.63 Å². The van der Waals surface area contributed by atoms with Crippen LogP contribution in [0.3, 0.4) is 0 Å². The maximum Gasteiger partial charge on any atom is 0.336 e. The van der Waals surface area contributed by atoms with Crippen molar-refractivity contribution < 1.29 is 18.7 Å². The van der Waals surface area contributed by atoms with E-state index in [1.165, 1.54) is 38.2 Å². The summed E-state index contributed by atoms with van der Waals surface area (Å²) >= 11 is 0. The Morgan fingerprint density at radius 2 is 1.45 bits per heavy atom. The van der Waals surface area contributed by atoms with Crippen molar-refractivity contribution in [2.24, 2.45) is 0 Å². The molecule has 0 saturated carbocycles. The Bertz CT molecular complexity index is 1700. The fourth-order valence-corrected chi connectivity index (χ4v) is 6.25. The smallest absolute Gasteiger partial charge is 0.336 e. The van der Waals surface area contributed by atoms with Gasteiger partial charge in [-0.05, 0) is 48.6 Å². The van der Waals surface area contributed by atoms with E-state index in [9.17, 15) is 14.7 Å². The number of fused-ring (bicyclic) bond motifs is 3. The lowest BCUT2D eigenvalue weighted by Crippen LogP contribution is -2.38. The summed E-state index contributed by atoms with van der Waals surface area (Å²) in [5.74, 6) is -0.493. The van der Waals surface area contributed by atoms with Crippen molar-refractivity contribution >= 4 is 27.9 Å². The van der Waals surface area contributed by atoms with E-state index < -0.39 is 17.0 Å². The molecule has 1 N–H and O–H groups in total. The highest BCUT2D eigenvalue weighted by molar-refractivity contribution is 6.12. The average molecular weight is 565 g/mol. The topological polar surface area (TPSA) is 80.6 Å². The molecule has 0 bridgehead atoms. The van der Waals surface area contributed by atoms with Gasteiger partial charge >= 0.3 is 11.6 Å². The number of hydrogen-bond acceptors (Lipinski definition) is 4. The second-order valence-corrected chi connectivity index (χ2v) is 11.5. The molecule has 0 spiro atoms. The van der Waals surface area contributed by atoms with Gasteiger partial charge in [0.25, 0.3) is 0 Å². The van der Waals surface area contributed by atoms with Gasteiger partial charge in [-0.1, -0.05) is 119 Å². The lowest BCUT2D eigenvalue weighted by atomic mass is 9.73. The summed E-state index contributed by atoms with van der Waals surface area (Å²) < 4.78 is 12.4. The third kappa shape index (κ3) is 6.06. The summed E-state index contributed by atoms with van der Waals surface area (Å²) in [6, 6.07) is 24.8. The van der Waals surface area contributed by atoms with E-state index in [1.807, 2.05) is 79.7 Å². The molecule has 0 aliphatic carbocycles. The summed E-state index contributed by atoms with van der Waals surface area (Å²) in [5.41, 5.74) is 2.44. The molecule has 5 heteroatoms. The van der Waals surface area contributed by atoms with Gasteiger partial charge in [0.05, 0.1) is 5.39 Å². The highest BCUT2D eigenvalue weighted by atomic mass is 16.4. The third-order valence-corrected chi connectivity index (χ3v) is 8.48. The van der Waals surface area contributed by atoms with Crippen molar-refractivity contribution in [1.82, 2.24) is 0 Å². The Labute approximate surface area is 247 Å². The molecule has 0 radical (unpaired) electrons. The highest BCUT2D eigenvalue weighted by Crippen LogP contribution is 2.47. The van der Waals surface area contributed by atoms with Gasteiger partial charge in [0, 0.05) is 17.0 Å². The summed E-state index contributed by atoms with van der Waals surface area (Å²) in [4.78, 5) is 26.1. The summed E-state index contributed by atoms with van der Waals surface area (Å²) in [5, 5.41) is 12.5. The van der Waals surface area contributed by atoms with Gasteiger partial charge in [0.1, 0.15) is 22.3 Å². The van der Waals surface area contributed by atoms with Crippen molar-refractivity contribution in [1.29, 1.82) is 0 Å². The number of carboxylic acid groups (broad SMARTS) is 1. The van der Waals surface area contributed by atoms with E-state index in [0.717, 1.165) is 41.3 Å². The number of aliphatic carboxylic acids is 1. The fraction of sp³-hybridized carbons (Fsp3) is 0.351. The van der Waals surface area contributed by atoms with Gasteiger partial charge < -0.3 is 13.9 Å². The molecule has 5 rings (SSSR count). The molecule has 0 aliphatic rings. The third-order valence-electron chi connectivity index (χ3n) is 8.48. The number of benzene rings is 3. The lowest BCUT2D eigenvalue weighted by Gasteiger charge is -2.29. The van der Waals surface area contributed by atoms with Crippen LogP contribution in [0.2, 0.25) is 0 Å². The first kappa shape index (κ1) is 29.4. The predicted molar refractivity (Wildman–Crippen MR) is 169 cm³/mol. The monoisotopic (exact) mass is 564 g/mol. The number of rotatable bonds is 14. The highest BCUT2D eigenvalue weighted by Gasteiger charge is 2.46. The second kappa shape index (κ2) is 13.2. The van der Waals surface area contributed by atoms with Crippen LogP contribution in [0.1, 0.15) is 81.6 Å². The summed E-state index contributed by atoms with van der Waals surface area (Å²) in [6.45, 7) is 4.10. The molecule has 2 heterocycles. The fourth-order valence-electron chi connectivity index (χ4n) is 6.25. The first-order chi connectivity index (χ1) is 20.4. The van der Waals surface area contributed by atoms with Crippen molar-refractivity contribution in [2.75, 3.05) is 0 Å². The molecule has 218 valence electrons. The number of unbranched alkanes of at least 4 members (excludes halogenated alkanes) is 7. The molecule has 0 amide bonds. The van der Waals surface area contributed by atoms with E-state index in [0.29, 0.717) is 40.7 Å². The Morgan fingerprint density at radius 1 is 0.810 bits per heavy atom. The molecule has 3 aromatic carbocycles.